The molecular formula is C24H35NOS. The van der Waals surface area contributed by atoms with Crippen LogP contribution in [0.15, 0.2) is 47.8 Å². The van der Waals surface area contributed by atoms with Gasteiger partial charge in [-0.05, 0) is 30.0 Å². The van der Waals surface area contributed by atoms with E-state index < -0.39 is 0 Å². The van der Waals surface area contributed by atoms with Crippen molar-refractivity contribution < 1.29 is 4.79 Å². The molecule has 3 heteroatoms. The van der Waals surface area contributed by atoms with Gasteiger partial charge in [0.05, 0.1) is 5.92 Å². The van der Waals surface area contributed by atoms with Crippen molar-refractivity contribution in [3.05, 3.63) is 52.7 Å². The van der Waals surface area contributed by atoms with Crippen LogP contribution in [0.1, 0.15) is 88.3 Å². The molecule has 2 aromatic rings. The number of hydrogen-bond donors (Lipinski definition) is 1. The molecule has 0 radical (unpaired) electrons. The quantitative estimate of drug-likeness (QED) is 0.330. The molecule has 1 unspecified atom stereocenters. The average molecular weight is 386 g/mol. The van der Waals surface area contributed by atoms with Crippen LogP contribution < -0.4 is 5.32 Å². The summed E-state index contributed by atoms with van der Waals surface area (Å²) in [6, 6.07) is 13.9. The summed E-state index contributed by atoms with van der Waals surface area (Å²) in [6.07, 6.45) is 14.2. The zero-order chi connectivity index (χ0) is 19.2. The van der Waals surface area contributed by atoms with E-state index in [1.807, 2.05) is 36.4 Å². The minimum Gasteiger partial charge on any atom is -0.326 e. The van der Waals surface area contributed by atoms with Crippen LogP contribution in [-0.4, -0.2) is 5.91 Å². The minimum atomic E-state index is -0.0285. The first-order valence-electron chi connectivity index (χ1n) is 10.7. The third-order valence-electron chi connectivity index (χ3n) is 5.09. The molecule has 1 heterocycles. The number of thiophene rings is 1. The monoisotopic (exact) mass is 385 g/mol. The number of hydrogen-bond acceptors (Lipinski definition) is 2. The Balaban J connectivity index is 1.68. The smallest absolute Gasteiger partial charge is 0.232 e. The molecule has 0 aliphatic heterocycles. The van der Waals surface area contributed by atoms with Gasteiger partial charge in [0.2, 0.25) is 5.91 Å². The number of carbonyl (C=O) groups excluding carboxylic acids is 1. The third-order valence-corrected chi connectivity index (χ3v) is 6.08. The Morgan fingerprint density at radius 1 is 0.852 bits per heavy atom. The molecule has 1 N–H and O–H groups in total. The number of amides is 1. The lowest BCUT2D eigenvalue weighted by Gasteiger charge is -2.15. The maximum atomic E-state index is 12.8. The van der Waals surface area contributed by atoms with E-state index in [4.69, 9.17) is 0 Å². The number of rotatable bonds is 14. The molecule has 27 heavy (non-hydrogen) atoms. The number of anilines is 1. The molecule has 1 atom stereocenters. The molecule has 0 fully saturated rings. The van der Waals surface area contributed by atoms with Gasteiger partial charge in [-0.1, -0.05) is 95.4 Å². The van der Waals surface area contributed by atoms with Gasteiger partial charge in [-0.25, -0.2) is 0 Å². The standard InChI is InChI=1S/C24H35NOS/c1-2-3-4-5-6-7-8-9-10-14-18-22(23-19-15-20-27-23)24(26)25-21-16-12-11-13-17-21/h11-13,15-17,19-20,22H,2-10,14,18H2,1H3,(H,25,26). The Labute approximate surface area is 169 Å². The summed E-state index contributed by atoms with van der Waals surface area (Å²) >= 11 is 1.69. The van der Waals surface area contributed by atoms with E-state index in [1.54, 1.807) is 11.3 Å². The van der Waals surface area contributed by atoms with Crippen molar-refractivity contribution in [2.75, 3.05) is 5.32 Å². The van der Waals surface area contributed by atoms with Gasteiger partial charge in [-0.15, -0.1) is 11.3 Å². The van der Waals surface area contributed by atoms with Crippen molar-refractivity contribution in [2.24, 2.45) is 0 Å². The highest BCUT2D eigenvalue weighted by atomic mass is 32.1. The van der Waals surface area contributed by atoms with Gasteiger partial charge in [-0.2, -0.15) is 0 Å². The Bertz CT molecular complexity index is 609. The van der Waals surface area contributed by atoms with Crippen molar-refractivity contribution in [3.63, 3.8) is 0 Å². The molecule has 1 aromatic heterocycles. The van der Waals surface area contributed by atoms with Crippen molar-refractivity contribution >= 4 is 22.9 Å². The summed E-state index contributed by atoms with van der Waals surface area (Å²) in [5.74, 6) is 0.0961. The van der Waals surface area contributed by atoms with Crippen LogP contribution in [0.3, 0.4) is 0 Å². The highest BCUT2D eigenvalue weighted by Crippen LogP contribution is 2.28. The van der Waals surface area contributed by atoms with Gasteiger partial charge < -0.3 is 5.32 Å². The van der Waals surface area contributed by atoms with E-state index in [2.05, 4.69) is 23.7 Å². The molecule has 0 spiro atoms. The van der Waals surface area contributed by atoms with Crippen molar-refractivity contribution in [2.45, 2.75) is 83.5 Å². The molecule has 0 saturated carbocycles. The molecule has 1 amide bonds. The zero-order valence-electron chi connectivity index (χ0n) is 16.8. The van der Waals surface area contributed by atoms with Crippen molar-refractivity contribution in [3.8, 4) is 0 Å². The Kier molecular flexibility index (Phi) is 10.9. The van der Waals surface area contributed by atoms with Crippen LogP contribution in [-0.2, 0) is 4.79 Å². The average Bonchev–Trinajstić information content (AvgIpc) is 3.21. The second-order valence-electron chi connectivity index (χ2n) is 7.39. The highest BCUT2D eigenvalue weighted by Gasteiger charge is 2.21. The predicted molar refractivity (Wildman–Crippen MR) is 119 cm³/mol. The van der Waals surface area contributed by atoms with E-state index in [1.165, 1.54) is 62.7 Å². The van der Waals surface area contributed by atoms with Gasteiger partial charge >= 0.3 is 0 Å². The molecule has 0 aliphatic carbocycles. The molecule has 0 bridgehead atoms. The van der Waals surface area contributed by atoms with Crippen LogP contribution in [0, 0.1) is 0 Å². The summed E-state index contributed by atoms with van der Waals surface area (Å²) in [6.45, 7) is 2.27. The van der Waals surface area contributed by atoms with Gasteiger partial charge in [0.15, 0.2) is 0 Å². The fraction of sp³-hybridized carbons (Fsp3) is 0.542. The lowest BCUT2D eigenvalue weighted by Crippen LogP contribution is -2.20. The topological polar surface area (TPSA) is 29.1 Å². The molecule has 2 nitrogen and oxygen atoms in total. The lowest BCUT2D eigenvalue weighted by atomic mass is 9.97. The predicted octanol–water partition coefficient (Wildman–Crippen LogP) is 7.78. The largest absolute Gasteiger partial charge is 0.326 e. The maximum absolute atomic E-state index is 12.8. The molecular weight excluding hydrogens is 350 g/mol. The van der Waals surface area contributed by atoms with Crippen LogP contribution in [0.2, 0.25) is 0 Å². The number of carbonyl (C=O) groups is 1. The molecule has 0 aliphatic rings. The summed E-state index contributed by atoms with van der Waals surface area (Å²) in [5, 5.41) is 5.15. The van der Waals surface area contributed by atoms with E-state index in [-0.39, 0.29) is 11.8 Å². The van der Waals surface area contributed by atoms with E-state index >= 15 is 0 Å². The van der Waals surface area contributed by atoms with Crippen LogP contribution in [0.5, 0.6) is 0 Å². The number of benzene rings is 1. The minimum absolute atomic E-state index is 0.0285. The molecule has 0 saturated heterocycles. The van der Waals surface area contributed by atoms with Crippen LogP contribution in [0.4, 0.5) is 5.69 Å². The summed E-state index contributed by atoms with van der Waals surface area (Å²) in [5.41, 5.74) is 0.882. The van der Waals surface area contributed by atoms with Crippen molar-refractivity contribution in [1.29, 1.82) is 0 Å². The Hall–Kier alpha value is -1.61. The summed E-state index contributed by atoms with van der Waals surface area (Å²) in [7, 11) is 0. The number of nitrogens with one attached hydrogen (secondary N) is 1. The molecule has 2 rings (SSSR count). The molecule has 148 valence electrons. The second-order valence-corrected chi connectivity index (χ2v) is 8.37. The first-order chi connectivity index (χ1) is 13.3. The fourth-order valence-corrected chi connectivity index (χ4v) is 4.34. The first kappa shape index (κ1) is 21.7. The lowest BCUT2D eigenvalue weighted by molar-refractivity contribution is -0.117. The number of para-hydroxylation sites is 1. The van der Waals surface area contributed by atoms with Gasteiger partial charge in [0, 0.05) is 10.6 Å². The Morgan fingerprint density at radius 2 is 1.48 bits per heavy atom. The SMILES string of the molecule is CCCCCCCCCCCCC(C(=O)Nc1ccccc1)c1cccs1. The van der Waals surface area contributed by atoms with E-state index in [9.17, 15) is 4.79 Å². The van der Waals surface area contributed by atoms with Gasteiger partial charge in [0.1, 0.15) is 0 Å². The summed E-state index contributed by atoms with van der Waals surface area (Å²) < 4.78 is 0. The fourth-order valence-electron chi connectivity index (χ4n) is 3.48. The molecule has 1 aromatic carbocycles. The van der Waals surface area contributed by atoms with Crippen LogP contribution >= 0.6 is 11.3 Å². The van der Waals surface area contributed by atoms with Crippen LogP contribution in [0.25, 0.3) is 0 Å². The summed E-state index contributed by atoms with van der Waals surface area (Å²) in [4.78, 5) is 14.0. The zero-order valence-corrected chi connectivity index (χ0v) is 17.6. The van der Waals surface area contributed by atoms with Gasteiger partial charge in [0.25, 0.3) is 0 Å². The third kappa shape index (κ3) is 8.75. The van der Waals surface area contributed by atoms with E-state index in [0.717, 1.165) is 18.5 Å². The first-order valence-corrected chi connectivity index (χ1v) is 11.6. The number of unbranched alkanes of at least 4 members (excludes halogenated alkanes) is 9. The second kappa shape index (κ2) is 13.5. The Morgan fingerprint density at radius 3 is 2.07 bits per heavy atom. The normalized spacial score (nSPS) is 12.0. The highest BCUT2D eigenvalue weighted by molar-refractivity contribution is 7.10. The maximum Gasteiger partial charge on any atom is 0.232 e. The van der Waals surface area contributed by atoms with Crippen molar-refractivity contribution in [1.82, 2.24) is 0 Å². The van der Waals surface area contributed by atoms with E-state index in [0.29, 0.717) is 0 Å². The van der Waals surface area contributed by atoms with Gasteiger partial charge in [-0.3, -0.25) is 4.79 Å².